The molecule has 29 heavy (non-hydrogen) atoms. The lowest BCUT2D eigenvalue weighted by molar-refractivity contribution is 0.0827. The van der Waals surface area contributed by atoms with E-state index in [1.807, 2.05) is 24.3 Å². The second-order valence-corrected chi connectivity index (χ2v) is 7.62. The van der Waals surface area contributed by atoms with Gasteiger partial charge in [0.15, 0.2) is 5.96 Å². The lowest BCUT2D eigenvalue weighted by Gasteiger charge is -2.25. The predicted octanol–water partition coefficient (Wildman–Crippen LogP) is 2.50. The lowest BCUT2D eigenvalue weighted by atomic mass is 10.1. The number of para-hydroxylation sites is 1. The first-order chi connectivity index (χ1) is 14.0. The fourth-order valence-corrected chi connectivity index (χ4v) is 3.69. The Morgan fingerprint density at radius 3 is 2.55 bits per heavy atom. The topological polar surface area (TPSA) is 60.0 Å². The van der Waals surface area contributed by atoms with Crippen molar-refractivity contribution in [3.8, 4) is 0 Å². The highest BCUT2D eigenvalue weighted by molar-refractivity contribution is 5.93. The third-order valence-corrected chi connectivity index (χ3v) is 5.28. The van der Waals surface area contributed by atoms with Crippen LogP contribution in [0, 0.1) is 0 Å². The minimum absolute atomic E-state index is 0.0136. The minimum Gasteiger partial charge on any atom is -0.367 e. The summed E-state index contributed by atoms with van der Waals surface area (Å²) in [6.07, 6.45) is 1.11. The van der Waals surface area contributed by atoms with Crippen molar-refractivity contribution in [2.75, 3.05) is 39.1 Å². The highest BCUT2D eigenvalue weighted by atomic mass is 16.2. The van der Waals surface area contributed by atoms with Gasteiger partial charge in [-0.3, -0.25) is 9.79 Å². The van der Waals surface area contributed by atoms with Crippen molar-refractivity contribution >= 4 is 17.6 Å². The van der Waals surface area contributed by atoms with E-state index in [2.05, 4.69) is 51.7 Å². The highest BCUT2D eigenvalue weighted by Crippen LogP contribution is 2.31. The molecule has 0 saturated carbocycles. The number of anilines is 1. The molecule has 6 nitrogen and oxygen atoms in total. The zero-order chi connectivity index (χ0) is 20.8. The van der Waals surface area contributed by atoms with Crippen LogP contribution in [0.4, 0.5) is 5.69 Å². The molecule has 0 fully saturated rings. The highest BCUT2D eigenvalue weighted by Gasteiger charge is 2.24. The van der Waals surface area contributed by atoms with Gasteiger partial charge in [0.2, 0.25) is 0 Å². The quantitative estimate of drug-likeness (QED) is 0.585. The lowest BCUT2D eigenvalue weighted by Crippen LogP contribution is -2.42. The maximum Gasteiger partial charge on any atom is 0.253 e. The molecule has 1 amide bonds. The molecule has 2 aromatic carbocycles. The van der Waals surface area contributed by atoms with Gasteiger partial charge in [-0.15, -0.1) is 0 Å². The van der Waals surface area contributed by atoms with Gasteiger partial charge >= 0.3 is 0 Å². The van der Waals surface area contributed by atoms with Crippen molar-refractivity contribution in [1.82, 2.24) is 15.5 Å². The number of guanidine groups is 1. The van der Waals surface area contributed by atoms with Gasteiger partial charge in [0.1, 0.15) is 0 Å². The number of hydrogen-bond donors (Lipinski definition) is 2. The van der Waals surface area contributed by atoms with Gasteiger partial charge in [-0.1, -0.05) is 30.3 Å². The first kappa shape index (κ1) is 20.7. The summed E-state index contributed by atoms with van der Waals surface area (Å²) in [6.45, 7) is 4.67. The fourth-order valence-electron chi connectivity index (χ4n) is 3.69. The van der Waals surface area contributed by atoms with E-state index in [0.29, 0.717) is 18.2 Å². The molecule has 0 saturated heterocycles. The Balaban J connectivity index is 1.47. The molecule has 0 spiro atoms. The largest absolute Gasteiger partial charge is 0.367 e. The number of aliphatic imine (C=N–C) groups is 1. The van der Waals surface area contributed by atoms with Gasteiger partial charge in [-0.2, -0.15) is 0 Å². The van der Waals surface area contributed by atoms with Crippen LogP contribution in [0.15, 0.2) is 53.5 Å². The third-order valence-electron chi connectivity index (χ3n) is 5.28. The van der Waals surface area contributed by atoms with Crippen LogP contribution in [0.3, 0.4) is 0 Å². The summed E-state index contributed by atoms with van der Waals surface area (Å²) >= 11 is 0. The molecule has 1 unspecified atom stereocenters. The Morgan fingerprint density at radius 1 is 1.14 bits per heavy atom. The Kier molecular flexibility index (Phi) is 6.75. The number of fused-ring (bicyclic) bond motifs is 1. The number of carbonyl (C=O) groups excluding carboxylic acids is 1. The van der Waals surface area contributed by atoms with Crippen LogP contribution in [0.25, 0.3) is 0 Å². The van der Waals surface area contributed by atoms with E-state index < -0.39 is 0 Å². The summed E-state index contributed by atoms with van der Waals surface area (Å²) in [5.41, 5.74) is 4.57. The van der Waals surface area contributed by atoms with E-state index in [4.69, 9.17) is 0 Å². The molecule has 2 N–H and O–H groups in total. The average Bonchev–Trinajstić information content (AvgIpc) is 3.05. The van der Waals surface area contributed by atoms with E-state index >= 15 is 0 Å². The number of nitrogens with zero attached hydrogens (tertiary/aromatic N) is 3. The molecule has 1 aliphatic rings. The normalized spacial score (nSPS) is 15.8. The molecule has 0 aliphatic carbocycles. The molecule has 2 aromatic rings. The van der Waals surface area contributed by atoms with Crippen LogP contribution in [-0.4, -0.2) is 57.0 Å². The minimum atomic E-state index is 0.0136. The van der Waals surface area contributed by atoms with E-state index in [1.165, 1.54) is 11.3 Å². The van der Waals surface area contributed by atoms with Gasteiger partial charge in [0.05, 0.1) is 0 Å². The second kappa shape index (κ2) is 9.45. The van der Waals surface area contributed by atoms with Crippen molar-refractivity contribution in [3.05, 3.63) is 65.2 Å². The predicted molar refractivity (Wildman–Crippen MR) is 120 cm³/mol. The molecule has 1 heterocycles. The Hall–Kier alpha value is -3.02. The summed E-state index contributed by atoms with van der Waals surface area (Å²) in [4.78, 5) is 20.3. The zero-order valence-corrected chi connectivity index (χ0v) is 17.8. The average molecular weight is 394 g/mol. The molecule has 1 aliphatic heterocycles. The molecule has 0 bridgehead atoms. The third kappa shape index (κ3) is 5.08. The monoisotopic (exact) mass is 393 g/mol. The van der Waals surface area contributed by atoms with Gasteiger partial charge in [-0.05, 0) is 42.7 Å². The maximum absolute atomic E-state index is 12.0. The van der Waals surface area contributed by atoms with E-state index in [1.54, 1.807) is 26.0 Å². The Labute approximate surface area is 173 Å². The SMILES string of the molecule is CN=C(NCCN1c2ccccc2CC1C)NCc1ccc(C(=O)N(C)C)cc1. The molecule has 0 aromatic heterocycles. The van der Waals surface area contributed by atoms with E-state index in [0.717, 1.165) is 31.0 Å². The fraction of sp³-hybridized carbons (Fsp3) is 0.391. The number of hydrogen-bond acceptors (Lipinski definition) is 3. The van der Waals surface area contributed by atoms with Crippen molar-refractivity contribution in [3.63, 3.8) is 0 Å². The van der Waals surface area contributed by atoms with Crippen molar-refractivity contribution in [1.29, 1.82) is 0 Å². The number of carbonyl (C=O) groups is 1. The summed E-state index contributed by atoms with van der Waals surface area (Å²) < 4.78 is 0. The van der Waals surface area contributed by atoms with Crippen LogP contribution in [-0.2, 0) is 13.0 Å². The van der Waals surface area contributed by atoms with Crippen molar-refractivity contribution in [2.45, 2.75) is 25.9 Å². The maximum atomic E-state index is 12.0. The molecule has 154 valence electrons. The molecule has 6 heteroatoms. The summed E-state index contributed by atoms with van der Waals surface area (Å²) in [7, 11) is 5.30. The van der Waals surface area contributed by atoms with Crippen LogP contribution < -0.4 is 15.5 Å². The van der Waals surface area contributed by atoms with E-state index in [9.17, 15) is 4.79 Å². The van der Waals surface area contributed by atoms with Crippen molar-refractivity contribution < 1.29 is 4.79 Å². The van der Waals surface area contributed by atoms with Crippen LogP contribution in [0.2, 0.25) is 0 Å². The first-order valence-electron chi connectivity index (χ1n) is 10.1. The van der Waals surface area contributed by atoms with E-state index in [-0.39, 0.29) is 5.91 Å². The number of amides is 1. The summed E-state index contributed by atoms with van der Waals surface area (Å²) in [6, 6.07) is 16.8. The first-order valence-corrected chi connectivity index (χ1v) is 10.1. The standard InChI is InChI=1S/C23H31N5O/c1-17-15-20-7-5-6-8-21(20)28(17)14-13-25-23(24-2)26-16-18-9-11-19(12-10-18)22(29)27(3)4/h5-12,17H,13-16H2,1-4H3,(H2,24,25,26). The molecular weight excluding hydrogens is 362 g/mol. The van der Waals surface area contributed by atoms with Gasteiger partial charge in [-0.25, -0.2) is 0 Å². The van der Waals surface area contributed by atoms with Crippen LogP contribution >= 0.6 is 0 Å². The van der Waals surface area contributed by atoms with Crippen LogP contribution in [0.5, 0.6) is 0 Å². The summed E-state index contributed by atoms with van der Waals surface area (Å²) in [5, 5.41) is 6.74. The molecule has 3 rings (SSSR count). The smallest absolute Gasteiger partial charge is 0.253 e. The van der Waals surface area contributed by atoms with Gasteiger partial charge in [0, 0.05) is 58.1 Å². The Morgan fingerprint density at radius 2 is 1.86 bits per heavy atom. The number of nitrogens with one attached hydrogen (secondary N) is 2. The van der Waals surface area contributed by atoms with Crippen molar-refractivity contribution in [2.24, 2.45) is 4.99 Å². The van der Waals surface area contributed by atoms with Gasteiger partial charge < -0.3 is 20.4 Å². The number of benzene rings is 2. The van der Waals surface area contributed by atoms with Crippen LogP contribution in [0.1, 0.15) is 28.4 Å². The van der Waals surface area contributed by atoms with Gasteiger partial charge in [0.25, 0.3) is 5.91 Å². The summed E-state index contributed by atoms with van der Waals surface area (Å²) in [5.74, 6) is 0.790. The second-order valence-electron chi connectivity index (χ2n) is 7.62. The zero-order valence-electron chi connectivity index (χ0n) is 17.8. The Bertz CT molecular complexity index is 860. The number of rotatable bonds is 6. The molecular formula is C23H31N5O. The molecule has 1 atom stereocenters. The molecule has 0 radical (unpaired) electrons.